The molecule has 30 heavy (non-hydrogen) atoms. The highest BCUT2D eigenvalue weighted by molar-refractivity contribution is 7.92. The van der Waals surface area contributed by atoms with Crippen molar-refractivity contribution in [1.82, 2.24) is 5.32 Å². The minimum absolute atomic E-state index is 0.139. The Hall–Kier alpha value is -3.32. The van der Waals surface area contributed by atoms with Crippen molar-refractivity contribution < 1.29 is 17.9 Å². The molecule has 1 N–H and O–H groups in total. The van der Waals surface area contributed by atoms with Gasteiger partial charge in [0, 0.05) is 19.2 Å². The van der Waals surface area contributed by atoms with Crippen molar-refractivity contribution in [3.8, 4) is 5.75 Å². The predicted molar refractivity (Wildman–Crippen MR) is 117 cm³/mol. The summed E-state index contributed by atoms with van der Waals surface area (Å²) in [4.78, 5) is 12.7. The first-order valence-corrected chi connectivity index (χ1v) is 10.8. The van der Waals surface area contributed by atoms with Crippen LogP contribution in [0.3, 0.4) is 0 Å². The number of rotatable bonds is 7. The Kier molecular flexibility index (Phi) is 6.42. The molecular weight excluding hydrogens is 400 g/mol. The molecule has 6 nitrogen and oxygen atoms in total. The van der Waals surface area contributed by atoms with Crippen LogP contribution in [0.1, 0.15) is 21.5 Å². The van der Waals surface area contributed by atoms with Crippen molar-refractivity contribution in [2.24, 2.45) is 0 Å². The van der Waals surface area contributed by atoms with E-state index in [4.69, 9.17) is 4.74 Å². The summed E-state index contributed by atoms with van der Waals surface area (Å²) >= 11 is 0. The summed E-state index contributed by atoms with van der Waals surface area (Å²) in [6.07, 6.45) is 0. The molecule has 0 atom stereocenters. The largest absolute Gasteiger partial charge is 0.497 e. The Morgan fingerprint density at radius 2 is 1.70 bits per heavy atom. The zero-order chi connectivity index (χ0) is 21.7. The fourth-order valence-corrected chi connectivity index (χ4v) is 4.18. The lowest BCUT2D eigenvalue weighted by Gasteiger charge is -2.20. The Morgan fingerprint density at radius 3 is 2.37 bits per heavy atom. The fourth-order valence-electron chi connectivity index (χ4n) is 2.99. The van der Waals surface area contributed by atoms with Gasteiger partial charge in [-0.3, -0.25) is 9.10 Å². The third-order valence-electron chi connectivity index (χ3n) is 4.73. The minimum atomic E-state index is -3.77. The Labute approximate surface area is 177 Å². The molecule has 7 heteroatoms. The molecular formula is C23H24N2O4S. The Morgan fingerprint density at radius 1 is 1.00 bits per heavy atom. The second-order valence-corrected chi connectivity index (χ2v) is 8.84. The van der Waals surface area contributed by atoms with E-state index < -0.39 is 10.0 Å². The predicted octanol–water partition coefficient (Wildman–Crippen LogP) is 3.76. The van der Waals surface area contributed by atoms with E-state index >= 15 is 0 Å². The lowest BCUT2D eigenvalue weighted by atomic mass is 10.1. The van der Waals surface area contributed by atoms with Gasteiger partial charge in [0.15, 0.2) is 0 Å². The van der Waals surface area contributed by atoms with Crippen molar-refractivity contribution >= 4 is 21.6 Å². The minimum Gasteiger partial charge on any atom is -0.497 e. The van der Waals surface area contributed by atoms with E-state index in [2.05, 4.69) is 5.32 Å². The van der Waals surface area contributed by atoms with Crippen molar-refractivity contribution in [2.45, 2.75) is 18.4 Å². The first kappa shape index (κ1) is 21.4. The zero-order valence-corrected chi connectivity index (χ0v) is 17.9. The molecule has 0 radical (unpaired) electrons. The molecule has 0 aliphatic rings. The molecule has 0 aliphatic heterocycles. The number of aryl methyl sites for hydroxylation is 1. The van der Waals surface area contributed by atoms with E-state index in [-0.39, 0.29) is 10.8 Å². The number of nitrogens with one attached hydrogen (secondary N) is 1. The molecule has 0 unspecified atom stereocenters. The first-order valence-electron chi connectivity index (χ1n) is 9.38. The van der Waals surface area contributed by atoms with E-state index in [1.807, 2.05) is 31.2 Å². The lowest BCUT2D eigenvalue weighted by Crippen LogP contribution is -2.27. The van der Waals surface area contributed by atoms with Crippen LogP contribution in [-0.2, 0) is 16.6 Å². The van der Waals surface area contributed by atoms with Crippen LogP contribution >= 0.6 is 0 Å². The molecule has 3 aromatic carbocycles. The van der Waals surface area contributed by atoms with Gasteiger partial charge >= 0.3 is 0 Å². The van der Waals surface area contributed by atoms with Crippen molar-refractivity contribution in [3.05, 3.63) is 89.5 Å². The van der Waals surface area contributed by atoms with Gasteiger partial charge in [0.1, 0.15) is 5.75 Å². The van der Waals surface area contributed by atoms with E-state index in [9.17, 15) is 13.2 Å². The molecule has 0 heterocycles. The number of nitrogens with zero attached hydrogens (tertiary/aromatic N) is 1. The number of amides is 1. The van der Waals surface area contributed by atoms with Gasteiger partial charge in [-0.05, 0) is 55.0 Å². The van der Waals surface area contributed by atoms with Crippen LogP contribution in [0.5, 0.6) is 5.75 Å². The molecule has 0 spiro atoms. The molecule has 0 aromatic heterocycles. The zero-order valence-electron chi connectivity index (χ0n) is 17.1. The van der Waals surface area contributed by atoms with Crippen LogP contribution < -0.4 is 14.4 Å². The van der Waals surface area contributed by atoms with Crippen molar-refractivity contribution in [3.63, 3.8) is 0 Å². The Bertz CT molecular complexity index is 1140. The molecule has 1 amide bonds. The molecule has 3 aromatic rings. The summed E-state index contributed by atoms with van der Waals surface area (Å²) in [5.41, 5.74) is 2.90. The molecule has 0 fully saturated rings. The molecule has 3 rings (SSSR count). The maximum atomic E-state index is 12.9. The van der Waals surface area contributed by atoms with Gasteiger partial charge < -0.3 is 10.1 Å². The van der Waals surface area contributed by atoms with E-state index in [0.29, 0.717) is 23.5 Å². The SMILES string of the molecule is COc1ccc(S(=O)(=O)N(C)c2cccc(C(=O)NCc3cccc(C)c3)c2)cc1. The third-order valence-corrected chi connectivity index (χ3v) is 6.53. The van der Waals surface area contributed by atoms with Crippen LogP contribution in [0.15, 0.2) is 77.7 Å². The highest BCUT2D eigenvalue weighted by Gasteiger charge is 2.22. The second-order valence-electron chi connectivity index (χ2n) is 6.87. The highest BCUT2D eigenvalue weighted by Crippen LogP contribution is 2.24. The van der Waals surface area contributed by atoms with Gasteiger partial charge in [0.05, 0.1) is 17.7 Å². The highest BCUT2D eigenvalue weighted by atomic mass is 32.2. The van der Waals surface area contributed by atoms with Gasteiger partial charge in [-0.25, -0.2) is 8.42 Å². The number of anilines is 1. The maximum absolute atomic E-state index is 12.9. The van der Waals surface area contributed by atoms with Crippen LogP contribution in [0.2, 0.25) is 0 Å². The van der Waals surface area contributed by atoms with Crippen molar-refractivity contribution in [1.29, 1.82) is 0 Å². The summed E-state index contributed by atoms with van der Waals surface area (Å²) in [6.45, 7) is 2.39. The lowest BCUT2D eigenvalue weighted by molar-refractivity contribution is 0.0951. The molecule has 0 saturated carbocycles. The van der Waals surface area contributed by atoms with E-state index in [1.54, 1.807) is 36.4 Å². The van der Waals surface area contributed by atoms with E-state index in [1.165, 1.54) is 26.3 Å². The normalized spacial score (nSPS) is 11.0. The number of carbonyl (C=O) groups excluding carboxylic acids is 1. The summed E-state index contributed by atoms with van der Waals surface area (Å²) in [5, 5.41) is 2.87. The quantitative estimate of drug-likeness (QED) is 0.627. The van der Waals surface area contributed by atoms with Gasteiger partial charge in [0.2, 0.25) is 0 Å². The van der Waals surface area contributed by atoms with Gasteiger partial charge in [-0.15, -0.1) is 0 Å². The summed E-state index contributed by atoms with van der Waals surface area (Å²) in [5.74, 6) is 0.303. The van der Waals surface area contributed by atoms with Crippen LogP contribution in [-0.4, -0.2) is 28.5 Å². The Balaban J connectivity index is 1.77. The fraction of sp³-hybridized carbons (Fsp3) is 0.174. The number of hydrogen-bond acceptors (Lipinski definition) is 4. The van der Waals surface area contributed by atoms with Gasteiger partial charge in [0.25, 0.3) is 15.9 Å². The third kappa shape index (κ3) is 4.80. The standard InChI is InChI=1S/C23H24N2O4S/c1-17-6-4-7-18(14-17)16-24-23(26)19-8-5-9-20(15-19)25(2)30(27,28)22-12-10-21(29-3)11-13-22/h4-15H,16H2,1-3H3,(H,24,26). The average molecular weight is 425 g/mol. The number of benzene rings is 3. The molecule has 0 saturated heterocycles. The van der Waals surface area contributed by atoms with Gasteiger partial charge in [-0.1, -0.05) is 35.9 Å². The summed E-state index contributed by atoms with van der Waals surface area (Å²) in [6, 6.07) is 20.6. The average Bonchev–Trinajstić information content (AvgIpc) is 2.77. The number of ether oxygens (including phenoxy) is 1. The van der Waals surface area contributed by atoms with Crippen LogP contribution in [0, 0.1) is 6.92 Å². The monoisotopic (exact) mass is 424 g/mol. The number of carbonyl (C=O) groups is 1. The summed E-state index contributed by atoms with van der Waals surface area (Å²) in [7, 11) is -0.793. The number of hydrogen-bond donors (Lipinski definition) is 1. The van der Waals surface area contributed by atoms with Crippen molar-refractivity contribution in [2.75, 3.05) is 18.5 Å². The van der Waals surface area contributed by atoms with Crippen LogP contribution in [0.4, 0.5) is 5.69 Å². The number of methoxy groups -OCH3 is 1. The topological polar surface area (TPSA) is 75.7 Å². The van der Waals surface area contributed by atoms with E-state index in [0.717, 1.165) is 15.4 Å². The molecule has 0 bridgehead atoms. The first-order chi connectivity index (χ1) is 14.3. The maximum Gasteiger partial charge on any atom is 0.264 e. The second kappa shape index (κ2) is 9.00. The molecule has 0 aliphatic carbocycles. The smallest absolute Gasteiger partial charge is 0.264 e. The number of sulfonamides is 1. The summed E-state index contributed by atoms with van der Waals surface area (Å²) < 4.78 is 32.1. The molecule has 156 valence electrons. The van der Waals surface area contributed by atoms with Gasteiger partial charge in [-0.2, -0.15) is 0 Å². The van der Waals surface area contributed by atoms with Crippen LogP contribution in [0.25, 0.3) is 0 Å².